The maximum absolute atomic E-state index is 12.6. The van der Waals surface area contributed by atoms with E-state index in [4.69, 9.17) is 4.74 Å². The molecule has 4 aromatic rings. The summed E-state index contributed by atoms with van der Waals surface area (Å²) >= 11 is 0. The van der Waals surface area contributed by atoms with Crippen LogP contribution in [0.1, 0.15) is 30.0 Å². The van der Waals surface area contributed by atoms with Crippen LogP contribution in [0.4, 0.5) is 5.69 Å². The molecule has 1 amide bonds. The standard InChI is InChI=1S/C23H22N4O3/c1-4-27-20-8-6-5-7-17(20)18-11-16(9-10-21(18)27)26-22(28)15(3)30-23(29)19-13-24-14(2)12-25-19/h5-13,15H,4H2,1-3H3,(H,26,28). The number of carbonyl (C=O) groups is 2. The molecule has 0 radical (unpaired) electrons. The van der Waals surface area contributed by atoms with Gasteiger partial charge in [0.25, 0.3) is 5.91 Å². The highest BCUT2D eigenvalue weighted by molar-refractivity contribution is 6.10. The highest BCUT2D eigenvalue weighted by Crippen LogP contribution is 2.31. The maximum Gasteiger partial charge on any atom is 0.359 e. The average molecular weight is 402 g/mol. The molecule has 0 saturated carbocycles. The molecular weight excluding hydrogens is 380 g/mol. The average Bonchev–Trinajstić information content (AvgIpc) is 3.07. The van der Waals surface area contributed by atoms with Gasteiger partial charge in [-0.25, -0.2) is 9.78 Å². The highest BCUT2D eigenvalue weighted by atomic mass is 16.5. The van der Waals surface area contributed by atoms with E-state index >= 15 is 0 Å². The van der Waals surface area contributed by atoms with Gasteiger partial charge in [0.05, 0.1) is 11.9 Å². The van der Waals surface area contributed by atoms with E-state index in [-0.39, 0.29) is 5.69 Å². The van der Waals surface area contributed by atoms with Crippen LogP contribution in [0, 0.1) is 6.92 Å². The van der Waals surface area contributed by atoms with Crippen LogP contribution < -0.4 is 5.32 Å². The fraction of sp³-hybridized carbons (Fsp3) is 0.217. The van der Waals surface area contributed by atoms with Gasteiger partial charge in [-0.05, 0) is 45.0 Å². The molecule has 0 aliphatic carbocycles. The molecule has 0 fully saturated rings. The van der Waals surface area contributed by atoms with Crippen molar-refractivity contribution in [1.82, 2.24) is 14.5 Å². The van der Waals surface area contributed by atoms with Crippen molar-refractivity contribution < 1.29 is 14.3 Å². The lowest BCUT2D eigenvalue weighted by atomic mass is 10.1. The van der Waals surface area contributed by atoms with Crippen molar-refractivity contribution in [1.29, 1.82) is 0 Å². The second-order valence-corrected chi connectivity index (χ2v) is 7.07. The number of benzene rings is 2. The number of esters is 1. The Morgan fingerprint density at radius 2 is 1.83 bits per heavy atom. The molecule has 2 heterocycles. The molecule has 0 bridgehead atoms. The number of nitrogens with one attached hydrogen (secondary N) is 1. The van der Waals surface area contributed by atoms with Crippen LogP contribution in [0.15, 0.2) is 54.9 Å². The number of hydrogen-bond acceptors (Lipinski definition) is 5. The molecule has 152 valence electrons. The Morgan fingerprint density at radius 3 is 2.57 bits per heavy atom. The number of rotatable bonds is 5. The van der Waals surface area contributed by atoms with Crippen LogP contribution >= 0.6 is 0 Å². The first-order valence-electron chi connectivity index (χ1n) is 9.79. The molecule has 7 nitrogen and oxygen atoms in total. The van der Waals surface area contributed by atoms with Gasteiger partial charge in [0, 0.05) is 40.2 Å². The van der Waals surface area contributed by atoms with Crippen LogP contribution in [0.2, 0.25) is 0 Å². The smallest absolute Gasteiger partial charge is 0.359 e. The monoisotopic (exact) mass is 402 g/mol. The third-order valence-corrected chi connectivity index (χ3v) is 5.00. The Bertz CT molecular complexity index is 1240. The quantitative estimate of drug-likeness (QED) is 0.508. The zero-order valence-corrected chi connectivity index (χ0v) is 17.0. The number of fused-ring (bicyclic) bond motifs is 3. The molecule has 0 aliphatic rings. The largest absolute Gasteiger partial charge is 0.448 e. The summed E-state index contributed by atoms with van der Waals surface area (Å²) in [6.45, 7) is 6.25. The second kappa shape index (κ2) is 7.94. The minimum Gasteiger partial charge on any atom is -0.448 e. The molecule has 0 saturated heterocycles. The fourth-order valence-corrected chi connectivity index (χ4v) is 3.49. The fourth-order valence-electron chi connectivity index (χ4n) is 3.49. The number of aryl methyl sites for hydroxylation is 2. The number of amides is 1. The molecule has 1 atom stereocenters. The maximum atomic E-state index is 12.6. The van der Waals surface area contributed by atoms with Gasteiger partial charge in [-0.3, -0.25) is 9.78 Å². The van der Waals surface area contributed by atoms with E-state index in [1.807, 2.05) is 30.3 Å². The van der Waals surface area contributed by atoms with E-state index in [2.05, 4.69) is 38.9 Å². The summed E-state index contributed by atoms with van der Waals surface area (Å²) in [5.74, 6) is -1.10. The number of aromatic nitrogens is 3. The molecule has 0 aliphatic heterocycles. The highest BCUT2D eigenvalue weighted by Gasteiger charge is 2.20. The Kier molecular flexibility index (Phi) is 5.18. The zero-order chi connectivity index (χ0) is 21.3. The predicted octanol–water partition coefficient (Wildman–Crippen LogP) is 4.10. The summed E-state index contributed by atoms with van der Waals surface area (Å²) in [5, 5.41) is 5.02. The third-order valence-electron chi connectivity index (χ3n) is 5.00. The van der Waals surface area contributed by atoms with E-state index in [0.717, 1.165) is 28.4 Å². The SMILES string of the molecule is CCn1c2ccccc2c2cc(NC(=O)C(C)OC(=O)c3cnc(C)cn3)ccc21. The van der Waals surface area contributed by atoms with Crippen molar-refractivity contribution in [2.45, 2.75) is 33.4 Å². The van der Waals surface area contributed by atoms with Crippen molar-refractivity contribution in [3.8, 4) is 0 Å². The topological polar surface area (TPSA) is 86.1 Å². The molecule has 7 heteroatoms. The van der Waals surface area contributed by atoms with E-state index < -0.39 is 18.0 Å². The Labute approximate surface area is 173 Å². The summed E-state index contributed by atoms with van der Waals surface area (Å²) in [5.41, 5.74) is 3.66. The summed E-state index contributed by atoms with van der Waals surface area (Å²) in [7, 11) is 0. The van der Waals surface area contributed by atoms with Crippen LogP contribution in [0.3, 0.4) is 0 Å². The van der Waals surface area contributed by atoms with Crippen molar-refractivity contribution in [3.05, 3.63) is 66.2 Å². The summed E-state index contributed by atoms with van der Waals surface area (Å²) < 4.78 is 7.47. The van der Waals surface area contributed by atoms with Gasteiger partial charge in [-0.15, -0.1) is 0 Å². The minimum atomic E-state index is -0.978. The van der Waals surface area contributed by atoms with Crippen LogP contribution in [-0.4, -0.2) is 32.5 Å². The molecule has 1 unspecified atom stereocenters. The van der Waals surface area contributed by atoms with E-state index in [1.54, 1.807) is 6.92 Å². The van der Waals surface area contributed by atoms with Gasteiger partial charge in [0.2, 0.25) is 0 Å². The van der Waals surface area contributed by atoms with Gasteiger partial charge in [0.15, 0.2) is 11.8 Å². The van der Waals surface area contributed by atoms with E-state index in [0.29, 0.717) is 11.4 Å². The zero-order valence-electron chi connectivity index (χ0n) is 17.0. The van der Waals surface area contributed by atoms with Gasteiger partial charge in [-0.1, -0.05) is 18.2 Å². The molecule has 0 spiro atoms. The van der Waals surface area contributed by atoms with Gasteiger partial charge >= 0.3 is 5.97 Å². The first-order chi connectivity index (χ1) is 14.5. The number of para-hydroxylation sites is 1. The number of anilines is 1. The van der Waals surface area contributed by atoms with Gasteiger partial charge in [-0.2, -0.15) is 0 Å². The van der Waals surface area contributed by atoms with Crippen LogP contribution in [0.25, 0.3) is 21.8 Å². The lowest BCUT2D eigenvalue weighted by molar-refractivity contribution is -0.123. The molecule has 4 rings (SSSR count). The normalized spacial score (nSPS) is 12.1. The molecule has 2 aromatic heterocycles. The lowest BCUT2D eigenvalue weighted by Crippen LogP contribution is -2.30. The Morgan fingerprint density at radius 1 is 1.07 bits per heavy atom. The number of hydrogen-bond donors (Lipinski definition) is 1. The Balaban J connectivity index is 1.53. The van der Waals surface area contributed by atoms with Crippen molar-refractivity contribution in [3.63, 3.8) is 0 Å². The van der Waals surface area contributed by atoms with E-state index in [9.17, 15) is 9.59 Å². The van der Waals surface area contributed by atoms with Gasteiger partial charge in [0.1, 0.15) is 0 Å². The predicted molar refractivity (Wildman–Crippen MR) is 115 cm³/mol. The van der Waals surface area contributed by atoms with Gasteiger partial charge < -0.3 is 14.6 Å². The number of ether oxygens (including phenoxy) is 1. The molecule has 30 heavy (non-hydrogen) atoms. The van der Waals surface area contributed by atoms with Crippen molar-refractivity contribution in [2.24, 2.45) is 0 Å². The summed E-state index contributed by atoms with van der Waals surface area (Å²) in [4.78, 5) is 32.7. The second-order valence-electron chi connectivity index (χ2n) is 7.07. The first kappa shape index (κ1) is 19.6. The number of nitrogens with zero attached hydrogens (tertiary/aromatic N) is 3. The summed E-state index contributed by atoms with van der Waals surface area (Å²) in [6.07, 6.45) is 1.83. The summed E-state index contributed by atoms with van der Waals surface area (Å²) in [6, 6.07) is 14.0. The van der Waals surface area contributed by atoms with Crippen LogP contribution in [-0.2, 0) is 16.1 Å². The molecule has 2 aromatic carbocycles. The molecular formula is C23H22N4O3. The molecule has 1 N–H and O–H groups in total. The van der Waals surface area contributed by atoms with E-state index in [1.165, 1.54) is 19.3 Å². The first-order valence-corrected chi connectivity index (χ1v) is 9.79. The van der Waals surface area contributed by atoms with Crippen LogP contribution in [0.5, 0.6) is 0 Å². The number of carbonyl (C=O) groups excluding carboxylic acids is 2. The van der Waals surface area contributed by atoms with Crippen molar-refractivity contribution >= 4 is 39.4 Å². The Hall–Kier alpha value is -3.74. The lowest BCUT2D eigenvalue weighted by Gasteiger charge is -2.13. The third kappa shape index (κ3) is 3.61. The van der Waals surface area contributed by atoms with Crippen molar-refractivity contribution in [2.75, 3.05) is 5.32 Å². The minimum absolute atomic E-state index is 0.0639.